The van der Waals surface area contributed by atoms with E-state index in [2.05, 4.69) is 47.4 Å². The zero-order chi connectivity index (χ0) is 15.3. The summed E-state index contributed by atoms with van der Waals surface area (Å²) in [6.07, 6.45) is 7.06. The molecule has 0 amide bonds. The van der Waals surface area contributed by atoms with Gasteiger partial charge in [-0.2, -0.15) is 0 Å². The van der Waals surface area contributed by atoms with Crippen molar-refractivity contribution >= 4 is 28.8 Å². The van der Waals surface area contributed by atoms with Crippen LogP contribution in [0.1, 0.15) is 46.5 Å². The maximum absolute atomic E-state index is 5.30. The van der Waals surface area contributed by atoms with Gasteiger partial charge >= 0.3 is 0 Å². The van der Waals surface area contributed by atoms with Gasteiger partial charge in [-0.15, -0.1) is 0 Å². The topological polar surface area (TPSA) is 40.2 Å². The number of thiocarbonyl (C=S) groups is 1. The van der Waals surface area contributed by atoms with Gasteiger partial charge in [0.1, 0.15) is 5.82 Å². The summed E-state index contributed by atoms with van der Waals surface area (Å²) in [5, 5.41) is 7.05. The lowest BCUT2D eigenvalue weighted by Crippen LogP contribution is -2.42. The first-order valence-corrected chi connectivity index (χ1v) is 8.15. The Hall–Kier alpha value is -1.36. The first-order chi connectivity index (χ1) is 9.94. The highest BCUT2D eigenvalue weighted by Crippen LogP contribution is 2.18. The minimum absolute atomic E-state index is 0.0382. The standard InChI is InChI=1S/C16H26N4S/c1-16(2,3)19-15(21)18-13-8-9-14(17-12-13)20-10-6-4-5-7-11-20/h8-9,12H,4-7,10-11H2,1-3H3,(H2,18,19,21). The SMILES string of the molecule is CC(C)(C)NC(=S)Nc1ccc(N2CCCCCC2)nc1. The highest BCUT2D eigenvalue weighted by Gasteiger charge is 2.12. The molecule has 2 heterocycles. The van der Waals surface area contributed by atoms with Gasteiger partial charge in [0, 0.05) is 18.6 Å². The van der Waals surface area contributed by atoms with Gasteiger partial charge in [-0.25, -0.2) is 4.98 Å². The Kier molecular flexibility index (Phi) is 5.39. The summed E-state index contributed by atoms with van der Waals surface area (Å²) in [7, 11) is 0. The lowest BCUT2D eigenvalue weighted by Gasteiger charge is -2.24. The minimum Gasteiger partial charge on any atom is -0.358 e. The molecular formula is C16H26N4S. The van der Waals surface area contributed by atoms with Crippen LogP contribution in [0.15, 0.2) is 18.3 Å². The van der Waals surface area contributed by atoms with E-state index in [4.69, 9.17) is 12.2 Å². The fourth-order valence-corrected chi connectivity index (χ4v) is 2.87. The molecule has 1 saturated heterocycles. The summed E-state index contributed by atoms with van der Waals surface area (Å²) in [5.74, 6) is 1.07. The second kappa shape index (κ2) is 7.07. The molecule has 21 heavy (non-hydrogen) atoms. The third-order valence-corrected chi connectivity index (χ3v) is 3.63. The van der Waals surface area contributed by atoms with Crippen molar-refractivity contribution in [3.63, 3.8) is 0 Å². The predicted octanol–water partition coefficient (Wildman–Crippen LogP) is 3.55. The molecule has 0 bridgehead atoms. The molecule has 1 aliphatic rings. The van der Waals surface area contributed by atoms with Gasteiger partial charge in [0.25, 0.3) is 0 Å². The van der Waals surface area contributed by atoms with Crippen molar-refractivity contribution in [2.45, 2.75) is 52.0 Å². The van der Waals surface area contributed by atoms with Crippen molar-refractivity contribution < 1.29 is 0 Å². The zero-order valence-corrected chi connectivity index (χ0v) is 14.1. The molecular weight excluding hydrogens is 280 g/mol. The van der Waals surface area contributed by atoms with Gasteiger partial charge in [-0.1, -0.05) is 12.8 Å². The van der Waals surface area contributed by atoms with E-state index in [0.717, 1.165) is 24.6 Å². The third-order valence-electron chi connectivity index (χ3n) is 3.42. The average Bonchev–Trinajstić information content (AvgIpc) is 2.66. The van der Waals surface area contributed by atoms with Crippen LogP contribution in [0.4, 0.5) is 11.5 Å². The van der Waals surface area contributed by atoms with E-state index in [-0.39, 0.29) is 5.54 Å². The van der Waals surface area contributed by atoms with Crippen LogP contribution in [0, 0.1) is 0 Å². The lowest BCUT2D eigenvalue weighted by molar-refractivity contribution is 0.515. The first kappa shape index (κ1) is 16.0. The number of anilines is 2. The second-order valence-electron chi connectivity index (χ2n) is 6.64. The maximum atomic E-state index is 5.30. The van der Waals surface area contributed by atoms with Crippen LogP contribution in [-0.2, 0) is 0 Å². The highest BCUT2D eigenvalue weighted by atomic mass is 32.1. The van der Waals surface area contributed by atoms with Crippen LogP contribution in [0.3, 0.4) is 0 Å². The van der Waals surface area contributed by atoms with Crippen molar-refractivity contribution in [1.82, 2.24) is 10.3 Å². The predicted molar refractivity (Wildman–Crippen MR) is 94.0 cm³/mol. The Morgan fingerprint density at radius 2 is 1.81 bits per heavy atom. The molecule has 4 nitrogen and oxygen atoms in total. The molecule has 1 aromatic rings. The molecule has 1 aromatic heterocycles. The molecule has 0 unspecified atom stereocenters. The van der Waals surface area contributed by atoms with E-state index in [0.29, 0.717) is 5.11 Å². The molecule has 0 spiro atoms. The molecule has 0 atom stereocenters. The zero-order valence-electron chi connectivity index (χ0n) is 13.3. The quantitative estimate of drug-likeness (QED) is 0.818. The molecule has 0 radical (unpaired) electrons. The largest absolute Gasteiger partial charge is 0.358 e. The molecule has 2 rings (SSSR count). The van der Waals surface area contributed by atoms with Crippen molar-refractivity contribution in [2.24, 2.45) is 0 Å². The van der Waals surface area contributed by atoms with Gasteiger partial charge in [-0.05, 0) is 58.0 Å². The summed E-state index contributed by atoms with van der Waals surface area (Å²) >= 11 is 5.30. The van der Waals surface area contributed by atoms with Crippen molar-refractivity contribution in [3.8, 4) is 0 Å². The summed E-state index contributed by atoms with van der Waals surface area (Å²) in [6.45, 7) is 8.48. The van der Waals surface area contributed by atoms with Gasteiger partial charge in [0.05, 0.1) is 11.9 Å². The Labute approximate surface area is 133 Å². The number of hydrogen-bond donors (Lipinski definition) is 2. The van der Waals surface area contributed by atoms with E-state index < -0.39 is 0 Å². The van der Waals surface area contributed by atoms with Gasteiger partial charge in [0.2, 0.25) is 0 Å². The van der Waals surface area contributed by atoms with Gasteiger partial charge < -0.3 is 15.5 Å². The molecule has 5 heteroatoms. The Bertz CT molecular complexity index is 456. The smallest absolute Gasteiger partial charge is 0.171 e. The lowest BCUT2D eigenvalue weighted by atomic mass is 10.1. The number of nitrogens with one attached hydrogen (secondary N) is 2. The summed E-state index contributed by atoms with van der Waals surface area (Å²) < 4.78 is 0. The van der Waals surface area contributed by atoms with Crippen LogP contribution >= 0.6 is 12.2 Å². The van der Waals surface area contributed by atoms with E-state index >= 15 is 0 Å². The summed E-state index contributed by atoms with van der Waals surface area (Å²) in [6, 6.07) is 4.12. The number of aromatic nitrogens is 1. The minimum atomic E-state index is -0.0382. The molecule has 1 fully saturated rings. The highest BCUT2D eigenvalue weighted by molar-refractivity contribution is 7.80. The van der Waals surface area contributed by atoms with Crippen LogP contribution in [0.2, 0.25) is 0 Å². The van der Waals surface area contributed by atoms with Crippen molar-refractivity contribution in [1.29, 1.82) is 0 Å². The number of pyridine rings is 1. The van der Waals surface area contributed by atoms with Gasteiger partial charge in [-0.3, -0.25) is 0 Å². The average molecular weight is 306 g/mol. The second-order valence-corrected chi connectivity index (χ2v) is 7.04. The van der Waals surface area contributed by atoms with Crippen LogP contribution in [0.25, 0.3) is 0 Å². The van der Waals surface area contributed by atoms with E-state index in [9.17, 15) is 0 Å². The number of rotatable bonds is 2. The molecule has 0 aromatic carbocycles. The van der Waals surface area contributed by atoms with Crippen LogP contribution < -0.4 is 15.5 Å². The fraction of sp³-hybridized carbons (Fsp3) is 0.625. The molecule has 0 aliphatic carbocycles. The van der Waals surface area contributed by atoms with E-state index in [1.165, 1.54) is 25.7 Å². The van der Waals surface area contributed by atoms with E-state index in [1.807, 2.05) is 12.3 Å². The van der Waals surface area contributed by atoms with Gasteiger partial charge in [0.15, 0.2) is 5.11 Å². The van der Waals surface area contributed by atoms with Crippen molar-refractivity contribution in [3.05, 3.63) is 18.3 Å². The molecule has 1 aliphatic heterocycles. The first-order valence-electron chi connectivity index (χ1n) is 7.74. The normalized spacial score (nSPS) is 16.2. The molecule has 0 saturated carbocycles. The summed E-state index contributed by atoms with van der Waals surface area (Å²) in [5.41, 5.74) is 0.888. The van der Waals surface area contributed by atoms with Crippen molar-refractivity contribution in [2.75, 3.05) is 23.3 Å². The molecule has 116 valence electrons. The number of nitrogens with zero attached hydrogens (tertiary/aromatic N) is 2. The Morgan fingerprint density at radius 1 is 1.14 bits per heavy atom. The third kappa shape index (κ3) is 5.50. The summed E-state index contributed by atoms with van der Waals surface area (Å²) in [4.78, 5) is 6.95. The van der Waals surface area contributed by atoms with Crippen LogP contribution in [-0.4, -0.2) is 28.7 Å². The Morgan fingerprint density at radius 3 is 2.33 bits per heavy atom. The maximum Gasteiger partial charge on any atom is 0.171 e. The van der Waals surface area contributed by atoms with E-state index in [1.54, 1.807) is 0 Å². The van der Waals surface area contributed by atoms with Crippen LogP contribution in [0.5, 0.6) is 0 Å². The number of hydrogen-bond acceptors (Lipinski definition) is 3. The fourth-order valence-electron chi connectivity index (χ4n) is 2.45. The monoisotopic (exact) mass is 306 g/mol. The molecule has 2 N–H and O–H groups in total. The Balaban J connectivity index is 1.93.